The van der Waals surface area contributed by atoms with Gasteiger partial charge in [0.1, 0.15) is 34.8 Å². The second kappa shape index (κ2) is 15.7. The van der Waals surface area contributed by atoms with E-state index in [0.29, 0.717) is 24.9 Å². The molecule has 9 rings (SSSR count). The summed E-state index contributed by atoms with van der Waals surface area (Å²) in [6, 6.07) is 11.7. The molecule has 322 valence electrons. The van der Waals surface area contributed by atoms with E-state index in [0.717, 1.165) is 97.5 Å². The first-order valence-corrected chi connectivity index (χ1v) is 22.0. The van der Waals surface area contributed by atoms with E-state index in [2.05, 4.69) is 57.0 Å². The van der Waals surface area contributed by atoms with Gasteiger partial charge in [0, 0.05) is 18.7 Å². The Kier molecular flexibility index (Phi) is 10.5. The smallest absolute Gasteiger partial charge is 0.407 e. The standard InChI is InChI=1S/C47H58N8O6/c1-26(2)38(52-44(58)60-5)40(56)54-24-28-16-18-46(54,20-28)42-48-22-36(50-42)31-12-10-30(11-13-31)32-14-15-35(34-9-7-8-33(32)34)37-23-49-43(51-37)47-19-17-29(21-47)25-55(47)41(57)39(27(3)4)53-45(59)61-6/h10-15,22-23,26-29,38-39H,7-9,16-21,24-25H2,1-6H3,(H,48,50)(H,49,51)(H,52,58)(H,53,59)/t28?,29?,38-,39-,46?,47?/m0/s1. The van der Waals surface area contributed by atoms with Gasteiger partial charge in [-0.2, -0.15) is 0 Å². The van der Waals surface area contributed by atoms with Crippen LogP contribution >= 0.6 is 0 Å². The number of amides is 4. The van der Waals surface area contributed by atoms with Crippen molar-refractivity contribution in [2.45, 2.75) is 109 Å². The van der Waals surface area contributed by atoms with Crippen LogP contribution in [0.4, 0.5) is 9.59 Å². The molecule has 2 saturated heterocycles. The number of aromatic amines is 2. The topological polar surface area (TPSA) is 175 Å². The summed E-state index contributed by atoms with van der Waals surface area (Å²) >= 11 is 0. The molecular weight excluding hydrogens is 773 g/mol. The number of alkyl carbamates (subject to hydrolysis) is 2. The van der Waals surface area contributed by atoms with Crippen molar-refractivity contribution >= 4 is 24.0 Å². The first-order valence-electron chi connectivity index (χ1n) is 22.0. The molecule has 5 aliphatic rings. The molecule has 2 saturated carbocycles. The second-order valence-corrected chi connectivity index (χ2v) is 18.7. The number of imidazole rings is 2. The Morgan fingerprint density at radius 1 is 0.672 bits per heavy atom. The number of nitrogens with zero attached hydrogens (tertiary/aromatic N) is 4. The molecule has 4 aromatic rings. The normalized spacial score (nSPS) is 24.7. The number of methoxy groups -OCH3 is 2. The molecule has 4 fully saturated rings. The van der Waals surface area contributed by atoms with Crippen LogP contribution in [0.25, 0.3) is 33.6 Å². The van der Waals surface area contributed by atoms with Gasteiger partial charge in [0.2, 0.25) is 11.8 Å². The van der Waals surface area contributed by atoms with Crippen molar-refractivity contribution in [3.63, 3.8) is 0 Å². The van der Waals surface area contributed by atoms with Gasteiger partial charge in [-0.05, 0) is 109 Å². The van der Waals surface area contributed by atoms with E-state index in [9.17, 15) is 19.2 Å². The van der Waals surface area contributed by atoms with Crippen LogP contribution in [0.1, 0.15) is 95.4 Å². The molecule has 6 atom stereocenters. The maximum Gasteiger partial charge on any atom is 0.407 e. The third-order valence-electron chi connectivity index (χ3n) is 14.5. The molecule has 3 aliphatic carbocycles. The average Bonchev–Trinajstić information content (AvgIpc) is 4.13. The summed E-state index contributed by atoms with van der Waals surface area (Å²) in [6.45, 7) is 9.05. The van der Waals surface area contributed by atoms with Crippen LogP contribution in [0.3, 0.4) is 0 Å². The molecule has 4 unspecified atom stereocenters. The SMILES string of the molecule is COC(=O)N[C@H](C(=O)N1CC2CCC1(c1ncc(-c3ccc(-c4ccc(-c5cnc(C67CCC(CN6C(=O)[C@@H](NC(=O)OC)C(C)C)C7)[nH]5)c5c4CCC5)cc3)[nH]1)C2)C(C)C. The van der Waals surface area contributed by atoms with Gasteiger partial charge in [0.25, 0.3) is 0 Å². The first-order chi connectivity index (χ1) is 29.3. The quantitative estimate of drug-likeness (QED) is 0.124. The summed E-state index contributed by atoms with van der Waals surface area (Å²) in [7, 11) is 2.63. The fraction of sp³-hybridized carbons (Fsp3) is 0.532. The van der Waals surface area contributed by atoms with E-state index in [-0.39, 0.29) is 23.7 Å². The zero-order valence-corrected chi connectivity index (χ0v) is 36.1. The fourth-order valence-corrected chi connectivity index (χ4v) is 11.4. The van der Waals surface area contributed by atoms with E-state index < -0.39 is 35.3 Å². The fourth-order valence-electron chi connectivity index (χ4n) is 11.4. The van der Waals surface area contributed by atoms with Crippen molar-refractivity contribution in [1.82, 2.24) is 40.4 Å². The van der Waals surface area contributed by atoms with Crippen LogP contribution in [0, 0.1) is 23.7 Å². The highest BCUT2D eigenvalue weighted by Gasteiger charge is 2.58. The number of fused-ring (bicyclic) bond motifs is 5. The zero-order valence-electron chi connectivity index (χ0n) is 36.1. The average molecular weight is 831 g/mol. The van der Waals surface area contributed by atoms with Gasteiger partial charge < -0.3 is 39.9 Å². The van der Waals surface area contributed by atoms with E-state index in [1.165, 1.54) is 30.9 Å². The summed E-state index contributed by atoms with van der Waals surface area (Å²) in [5, 5.41) is 5.55. The lowest BCUT2D eigenvalue weighted by atomic mass is 9.92. The van der Waals surface area contributed by atoms with E-state index in [1.807, 2.05) is 49.9 Å². The van der Waals surface area contributed by atoms with Gasteiger partial charge in [-0.25, -0.2) is 19.6 Å². The third-order valence-corrected chi connectivity index (χ3v) is 14.5. The van der Waals surface area contributed by atoms with Gasteiger partial charge >= 0.3 is 12.2 Å². The molecule has 4 amide bonds. The van der Waals surface area contributed by atoms with Gasteiger partial charge in [0.05, 0.1) is 38.0 Å². The first kappa shape index (κ1) is 40.7. The number of ether oxygens (including phenoxy) is 2. The number of carbonyl (C=O) groups is 4. The maximum absolute atomic E-state index is 14.1. The number of hydrogen-bond acceptors (Lipinski definition) is 8. The van der Waals surface area contributed by atoms with Crippen molar-refractivity contribution in [2.75, 3.05) is 27.3 Å². The largest absolute Gasteiger partial charge is 0.453 e. The Balaban J connectivity index is 0.945. The van der Waals surface area contributed by atoms with Crippen LogP contribution in [0.15, 0.2) is 48.8 Å². The van der Waals surface area contributed by atoms with Crippen LogP contribution in [0.5, 0.6) is 0 Å². The van der Waals surface area contributed by atoms with E-state index in [1.54, 1.807) is 0 Å². The highest BCUT2D eigenvalue weighted by atomic mass is 16.5. The summed E-state index contributed by atoms with van der Waals surface area (Å²) in [5.74, 6) is 2.03. The summed E-state index contributed by atoms with van der Waals surface area (Å²) in [4.78, 5) is 73.5. The van der Waals surface area contributed by atoms with Gasteiger partial charge in [-0.3, -0.25) is 9.59 Å². The van der Waals surface area contributed by atoms with Crippen molar-refractivity contribution in [2.24, 2.45) is 23.7 Å². The lowest BCUT2D eigenvalue weighted by Crippen LogP contribution is -2.56. The molecule has 2 aliphatic heterocycles. The predicted molar refractivity (Wildman–Crippen MR) is 229 cm³/mol. The summed E-state index contributed by atoms with van der Waals surface area (Å²) in [6.07, 6.45) is 11.1. The van der Waals surface area contributed by atoms with Crippen LogP contribution in [-0.4, -0.2) is 93.1 Å². The predicted octanol–water partition coefficient (Wildman–Crippen LogP) is 7.06. The number of nitrogens with one attached hydrogen (secondary N) is 4. The zero-order chi connectivity index (χ0) is 42.8. The van der Waals surface area contributed by atoms with Crippen molar-refractivity contribution in [3.05, 3.63) is 71.6 Å². The molecule has 14 nitrogen and oxygen atoms in total. The number of hydrogen-bond donors (Lipinski definition) is 4. The minimum Gasteiger partial charge on any atom is -0.453 e. The second-order valence-electron chi connectivity index (χ2n) is 18.7. The monoisotopic (exact) mass is 830 g/mol. The summed E-state index contributed by atoms with van der Waals surface area (Å²) in [5.41, 5.74) is 8.05. The Hall–Kier alpha value is -5.66. The van der Waals surface area contributed by atoms with Crippen LogP contribution < -0.4 is 10.6 Å². The van der Waals surface area contributed by atoms with Crippen LogP contribution in [-0.2, 0) is 43.0 Å². The molecule has 14 heteroatoms. The lowest BCUT2D eigenvalue weighted by Gasteiger charge is -2.40. The number of benzene rings is 2. The molecule has 2 aromatic carbocycles. The number of rotatable bonds is 11. The number of aromatic nitrogens is 4. The van der Waals surface area contributed by atoms with Crippen molar-refractivity contribution in [1.29, 1.82) is 0 Å². The van der Waals surface area contributed by atoms with E-state index >= 15 is 0 Å². The minimum absolute atomic E-state index is 0.0879. The minimum atomic E-state index is -0.685. The van der Waals surface area contributed by atoms with Crippen LogP contribution in [0.2, 0.25) is 0 Å². The molecule has 4 N–H and O–H groups in total. The van der Waals surface area contributed by atoms with Gasteiger partial charge in [-0.15, -0.1) is 0 Å². The molecule has 0 spiro atoms. The number of carbonyl (C=O) groups excluding carboxylic acids is 4. The molecule has 2 aromatic heterocycles. The number of piperidine rings is 2. The van der Waals surface area contributed by atoms with Crippen molar-refractivity contribution < 1.29 is 28.7 Å². The maximum atomic E-state index is 14.1. The highest BCUT2D eigenvalue weighted by Crippen LogP contribution is 2.54. The Bertz CT molecular complexity index is 2350. The molecule has 4 heterocycles. The molecular formula is C47H58N8O6. The molecule has 4 bridgehead atoms. The van der Waals surface area contributed by atoms with Gasteiger partial charge in [0.15, 0.2) is 0 Å². The Morgan fingerprint density at radius 2 is 1.13 bits per heavy atom. The van der Waals surface area contributed by atoms with Gasteiger partial charge in [-0.1, -0.05) is 64.1 Å². The lowest BCUT2D eigenvalue weighted by molar-refractivity contribution is -0.141. The Morgan fingerprint density at radius 3 is 1.62 bits per heavy atom. The van der Waals surface area contributed by atoms with E-state index in [4.69, 9.17) is 19.4 Å². The highest BCUT2D eigenvalue weighted by molar-refractivity contribution is 5.88. The van der Waals surface area contributed by atoms with Crippen molar-refractivity contribution in [3.8, 4) is 33.6 Å². The molecule has 0 radical (unpaired) electrons. The third kappa shape index (κ3) is 6.86. The molecule has 61 heavy (non-hydrogen) atoms. The Labute approximate surface area is 357 Å². The summed E-state index contributed by atoms with van der Waals surface area (Å²) < 4.78 is 9.69. The number of H-pyrrole nitrogens is 2. The number of likely N-dealkylation sites (tertiary alicyclic amines) is 2.